The molecular formula is C12H19N3O2S. The highest BCUT2D eigenvalue weighted by molar-refractivity contribution is 7.13. The Morgan fingerprint density at radius 2 is 2.44 bits per heavy atom. The van der Waals surface area contributed by atoms with E-state index in [1.165, 1.54) is 11.3 Å². The first-order chi connectivity index (χ1) is 8.58. The number of thiazole rings is 1. The average Bonchev–Trinajstić information content (AvgIpc) is 2.98. The van der Waals surface area contributed by atoms with Gasteiger partial charge in [0.15, 0.2) is 5.13 Å². The van der Waals surface area contributed by atoms with Crippen LogP contribution in [0.1, 0.15) is 20.3 Å². The lowest BCUT2D eigenvalue weighted by Gasteiger charge is -2.23. The summed E-state index contributed by atoms with van der Waals surface area (Å²) in [5.41, 5.74) is 0. The average molecular weight is 269 g/mol. The number of likely N-dealkylation sites (tertiary alicyclic amines) is 1. The number of aromatic nitrogens is 1. The zero-order valence-electron chi connectivity index (χ0n) is 10.7. The largest absolute Gasteiger partial charge is 0.393 e. The van der Waals surface area contributed by atoms with E-state index in [4.69, 9.17) is 0 Å². The van der Waals surface area contributed by atoms with Crippen molar-refractivity contribution >= 4 is 22.4 Å². The van der Waals surface area contributed by atoms with E-state index in [1.54, 1.807) is 6.20 Å². The molecule has 1 aliphatic rings. The molecule has 0 aromatic carbocycles. The number of aliphatic hydroxyl groups excluding tert-OH is 1. The van der Waals surface area contributed by atoms with Crippen molar-refractivity contribution < 1.29 is 9.90 Å². The molecule has 5 nitrogen and oxygen atoms in total. The van der Waals surface area contributed by atoms with E-state index >= 15 is 0 Å². The minimum absolute atomic E-state index is 0.0313. The van der Waals surface area contributed by atoms with Gasteiger partial charge in [-0.3, -0.25) is 9.69 Å². The van der Waals surface area contributed by atoms with Crippen molar-refractivity contribution in [3.8, 4) is 0 Å². The molecule has 0 aliphatic carbocycles. The Morgan fingerprint density at radius 3 is 3.00 bits per heavy atom. The minimum Gasteiger partial charge on any atom is -0.393 e. The van der Waals surface area contributed by atoms with Crippen LogP contribution in [0.3, 0.4) is 0 Å². The molecule has 1 saturated heterocycles. The number of amides is 1. The van der Waals surface area contributed by atoms with Crippen molar-refractivity contribution in [1.82, 2.24) is 9.88 Å². The summed E-state index contributed by atoms with van der Waals surface area (Å²) in [5, 5.41) is 14.8. The fraction of sp³-hybridized carbons (Fsp3) is 0.667. The molecule has 0 saturated carbocycles. The van der Waals surface area contributed by atoms with Gasteiger partial charge < -0.3 is 10.4 Å². The molecule has 2 heterocycles. The standard InChI is InChI=1S/C12H19N3O2S/c1-8(11(17)14-12-13-4-6-18-12)15-5-3-10(7-15)9(2)16/h4,6,8-10,16H,3,5,7H2,1-2H3,(H,13,14,17). The number of rotatable bonds is 4. The summed E-state index contributed by atoms with van der Waals surface area (Å²) < 4.78 is 0. The first-order valence-corrected chi connectivity index (χ1v) is 7.08. The van der Waals surface area contributed by atoms with Gasteiger partial charge in [0.2, 0.25) is 5.91 Å². The van der Waals surface area contributed by atoms with E-state index in [0.717, 1.165) is 19.5 Å². The van der Waals surface area contributed by atoms with Crippen molar-refractivity contribution in [3.05, 3.63) is 11.6 Å². The molecule has 18 heavy (non-hydrogen) atoms. The molecule has 2 N–H and O–H groups in total. The Bertz CT molecular complexity index is 394. The number of hydrogen-bond donors (Lipinski definition) is 2. The third-order valence-corrected chi connectivity index (χ3v) is 4.22. The van der Waals surface area contributed by atoms with Gasteiger partial charge in [0, 0.05) is 18.1 Å². The van der Waals surface area contributed by atoms with E-state index < -0.39 is 0 Å². The topological polar surface area (TPSA) is 65.5 Å². The fourth-order valence-electron chi connectivity index (χ4n) is 2.22. The number of aliphatic hydroxyl groups is 1. The van der Waals surface area contributed by atoms with Gasteiger partial charge in [-0.25, -0.2) is 4.98 Å². The van der Waals surface area contributed by atoms with Crippen LogP contribution in [-0.2, 0) is 4.79 Å². The van der Waals surface area contributed by atoms with Gasteiger partial charge in [-0.05, 0) is 32.7 Å². The lowest BCUT2D eigenvalue weighted by atomic mass is 10.0. The summed E-state index contributed by atoms with van der Waals surface area (Å²) in [7, 11) is 0. The van der Waals surface area contributed by atoms with Crippen molar-refractivity contribution in [2.24, 2.45) is 5.92 Å². The van der Waals surface area contributed by atoms with E-state index in [0.29, 0.717) is 5.13 Å². The quantitative estimate of drug-likeness (QED) is 0.861. The van der Waals surface area contributed by atoms with Crippen LogP contribution in [0.4, 0.5) is 5.13 Å². The maximum absolute atomic E-state index is 12.0. The van der Waals surface area contributed by atoms with Gasteiger partial charge in [0.1, 0.15) is 0 Å². The molecular weight excluding hydrogens is 250 g/mol. The second-order valence-corrected chi connectivity index (χ2v) is 5.68. The predicted octanol–water partition coefficient (Wildman–Crippen LogP) is 1.17. The summed E-state index contributed by atoms with van der Waals surface area (Å²) in [4.78, 5) is 18.2. The number of carbonyl (C=O) groups excluding carboxylic acids is 1. The molecule has 3 unspecified atom stereocenters. The highest BCUT2D eigenvalue weighted by Crippen LogP contribution is 2.22. The summed E-state index contributed by atoms with van der Waals surface area (Å²) in [6, 6.07) is -0.183. The summed E-state index contributed by atoms with van der Waals surface area (Å²) >= 11 is 1.42. The number of anilines is 1. The lowest BCUT2D eigenvalue weighted by Crippen LogP contribution is -2.41. The summed E-state index contributed by atoms with van der Waals surface area (Å²) in [5.74, 6) is 0.247. The molecule has 6 heteroatoms. The second kappa shape index (κ2) is 5.77. The van der Waals surface area contributed by atoms with Crippen LogP contribution in [-0.4, -0.2) is 46.1 Å². The number of nitrogens with one attached hydrogen (secondary N) is 1. The Kier molecular flexibility index (Phi) is 4.31. The van der Waals surface area contributed by atoms with E-state index in [-0.39, 0.29) is 24.0 Å². The van der Waals surface area contributed by atoms with Crippen LogP contribution in [0, 0.1) is 5.92 Å². The zero-order chi connectivity index (χ0) is 13.1. The van der Waals surface area contributed by atoms with Crippen molar-refractivity contribution in [2.45, 2.75) is 32.4 Å². The molecule has 1 fully saturated rings. The van der Waals surface area contributed by atoms with Gasteiger partial charge in [-0.1, -0.05) is 0 Å². The van der Waals surface area contributed by atoms with Crippen molar-refractivity contribution in [2.75, 3.05) is 18.4 Å². The predicted molar refractivity (Wildman–Crippen MR) is 71.6 cm³/mol. The fourth-order valence-corrected chi connectivity index (χ4v) is 2.75. The van der Waals surface area contributed by atoms with Crippen LogP contribution in [0.2, 0.25) is 0 Å². The first kappa shape index (κ1) is 13.5. The van der Waals surface area contributed by atoms with Crippen LogP contribution >= 0.6 is 11.3 Å². The molecule has 1 aliphatic heterocycles. The molecule has 0 bridgehead atoms. The van der Waals surface area contributed by atoms with Gasteiger partial charge in [-0.2, -0.15) is 0 Å². The molecule has 2 rings (SSSR count). The third kappa shape index (κ3) is 3.07. The zero-order valence-corrected chi connectivity index (χ0v) is 11.5. The monoisotopic (exact) mass is 269 g/mol. The molecule has 0 spiro atoms. The normalized spacial score (nSPS) is 23.8. The molecule has 1 aromatic rings. The maximum Gasteiger partial charge on any atom is 0.243 e. The Labute approximate surface area is 111 Å². The molecule has 1 aromatic heterocycles. The number of nitrogens with zero attached hydrogens (tertiary/aromatic N) is 2. The van der Waals surface area contributed by atoms with Gasteiger partial charge >= 0.3 is 0 Å². The summed E-state index contributed by atoms with van der Waals surface area (Å²) in [6.45, 7) is 5.36. The molecule has 0 radical (unpaired) electrons. The highest BCUT2D eigenvalue weighted by Gasteiger charge is 2.31. The Balaban J connectivity index is 1.88. The molecule has 3 atom stereocenters. The molecule has 100 valence electrons. The van der Waals surface area contributed by atoms with E-state index in [9.17, 15) is 9.90 Å². The Morgan fingerprint density at radius 1 is 1.67 bits per heavy atom. The van der Waals surface area contributed by atoms with Gasteiger partial charge in [0.05, 0.1) is 12.1 Å². The number of carbonyl (C=O) groups is 1. The second-order valence-electron chi connectivity index (χ2n) is 4.79. The van der Waals surface area contributed by atoms with Crippen LogP contribution in [0.5, 0.6) is 0 Å². The summed E-state index contributed by atoms with van der Waals surface area (Å²) in [6.07, 6.45) is 2.32. The van der Waals surface area contributed by atoms with Crippen LogP contribution < -0.4 is 5.32 Å². The highest BCUT2D eigenvalue weighted by atomic mass is 32.1. The van der Waals surface area contributed by atoms with E-state index in [1.807, 2.05) is 19.2 Å². The molecule has 1 amide bonds. The van der Waals surface area contributed by atoms with Crippen molar-refractivity contribution in [1.29, 1.82) is 0 Å². The lowest BCUT2D eigenvalue weighted by molar-refractivity contribution is -0.120. The smallest absolute Gasteiger partial charge is 0.243 e. The van der Waals surface area contributed by atoms with Crippen LogP contribution in [0.15, 0.2) is 11.6 Å². The minimum atomic E-state index is -0.302. The third-order valence-electron chi connectivity index (χ3n) is 3.53. The Hall–Kier alpha value is -0.980. The number of hydrogen-bond acceptors (Lipinski definition) is 5. The van der Waals surface area contributed by atoms with Gasteiger partial charge in [0.25, 0.3) is 0 Å². The first-order valence-electron chi connectivity index (χ1n) is 6.20. The van der Waals surface area contributed by atoms with E-state index in [2.05, 4.69) is 15.2 Å². The SMILES string of the molecule is CC(O)C1CCN(C(C)C(=O)Nc2nccs2)C1. The van der Waals surface area contributed by atoms with Crippen molar-refractivity contribution in [3.63, 3.8) is 0 Å². The maximum atomic E-state index is 12.0. The van der Waals surface area contributed by atoms with Crippen LogP contribution in [0.25, 0.3) is 0 Å². The van der Waals surface area contributed by atoms with Gasteiger partial charge in [-0.15, -0.1) is 11.3 Å².